The van der Waals surface area contributed by atoms with E-state index in [1.54, 1.807) is 0 Å². The highest BCUT2D eigenvalue weighted by atomic mass is 16.7. The first kappa shape index (κ1) is 35.7. The summed E-state index contributed by atoms with van der Waals surface area (Å²) < 4.78 is 13.7. The van der Waals surface area contributed by atoms with Gasteiger partial charge in [-0.15, -0.1) is 0 Å². The molecule has 0 aromatic heterocycles. The number of carbonyl (C=O) groups excluding carboxylic acids is 2. The highest BCUT2D eigenvalue weighted by Gasteiger charge is 2.51. The summed E-state index contributed by atoms with van der Waals surface area (Å²) in [4.78, 5) is 30.0. The number of aliphatic hydroxyl groups excluding tert-OH is 1. The molecule has 1 spiro atoms. The fraction of sp³-hybridized carbons (Fsp3) is 0.381. The highest BCUT2D eigenvalue weighted by molar-refractivity contribution is 5.93. The lowest BCUT2D eigenvalue weighted by Crippen LogP contribution is -2.57. The van der Waals surface area contributed by atoms with E-state index in [0.717, 1.165) is 71.5 Å². The molecule has 52 heavy (non-hydrogen) atoms. The number of carbonyl (C=O) groups is 2. The lowest BCUT2D eigenvalue weighted by atomic mass is 9.84. The van der Waals surface area contributed by atoms with Crippen LogP contribution < -0.4 is 20.9 Å². The molecule has 0 saturated carbocycles. The SMILES string of the molecule is CCNC(=O)NCc1cccc(-c2cccc([C@H]3O[C@@H](CN4CCC5(CC4)C(=O)NCN5c4ccccc4)[C@@H](C)[C@@H](c4ccc(CO)cc4)O3)c2)c1. The number of para-hydroxylation sites is 1. The number of hydrogen-bond acceptors (Lipinski definition) is 7. The average molecular weight is 704 g/mol. The van der Waals surface area contributed by atoms with Crippen LogP contribution in [0.2, 0.25) is 0 Å². The maximum absolute atomic E-state index is 13.3. The quantitative estimate of drug-likeness (QED) is 0.163. The van der Waals surface area contributed by atoms with E-state index in [1.165, 1.54) is 0 Å². The van der Waals surface area contributed by atoms with E-state index in [9.17, 15) is 14.7 Å². The first-order valence-corrected chi connectivity index (χ1v) is 18.4. The molecular formula is C42H49N5O5. The molecule has 0 unspecified atom stereocenters. The summed E-state index contributed by atoms with van der Waals surface area (Å²) in [5.41, 5.74) is 6.43. The summed E-state index contributed by atoms with van der Waals surface area (Å²) in [6, 6.07) is 34.5. The van der Waals surface area contributed by atoms with Gasteiger partial charge in [0.15, 0.2) is 6.29 Å². The monoisotopic (exact) mass is 703 g/mol. The molecule has 4 N–H and O–H groups in total. The maximum Gasteiger partial charge on any atom is 0.315 e. The molecule has 3 heterocycles. The minimum Gasteiger partial charge on any atom is -0.392 e. The molecule has 10 nitrogen and oxygen atoms in total. The maximum atomic E-state index is 13.3. The first-order valence-electron chi connectivity index (χ1n) is 18.4. The third-order valence-electron chi connectivity index (χ3n) is 10.9. The Labute approximate surface area is 306 Å². The second-order valence-electron chi connectivity index (χ2n) is 14.1. The van der Waals surface area contributed by atoms with E-state index in [4.69, 9.17) is 9.47 Å². The number of rotatable bonds is 10. The van der Waals surface area contributed by atoms with E-state index in [2.05, 4.69) is 75.1 Å². The number of likely N-dealkylation sites (tertiary alicyclic amines) is 1. The van der Waals surface area contributed by atoms with Gasteiger partial charge in [-0.3, -0.25) is 4.79 Å². The van der Waals surface area contributed by atoms with E-state index in [-0.39, 0.29) is 36.7 Å². The van der Waals surface area contributed by atoms with Gasteiger partial charge in [-0.2, -0.15) is 0 Å². The van der Waals surface area contributed by atoms with Gasteiger partial charge in [0.2, 0.25) is 5.91 Å². The molecule has 3 fully saturated rings. The molecule has 10 heteroatoms. The van der Waals surface area contributed by atoms with Crippen LogP contribution in [-0.2, 0) is 27.4 Å². The van der Waals surface area contributed by atoms with Crippen LogP contribution in [0, 0.1) is 5.92 Å². The summed E-state index contributed by atoms with van der Waals surface area (Å²) >= 11 is 0. The molecule has 3 saturated heterocycles. The summed E-state index contributed by atoms with van der Waals surface area (Å²) in [5, 5.41) is 18.5. The van der Waals surface area contributed by atoms with E-state index in [1.807, 2.05) is 67.6 Å². The smallest absolute Gasteiger partial charge is 0.315 e. The Hall–Kier alpha value is -4.74. The number of nitrogens with zero attached hydrogens (tertiary/aromatic N) is 2. The Morgan fingerprint density at radius 3 is 2.33 bits per heavy atom. The van der Waals surface area contributed by atoms with Crippen molar-refractivity contribution in [1.29, 1.82) is 0 Å². The Bertz CT molecular complexity index is 1830. The molecule has 272 valence electrons. The molecule has 4 aromatic rings. The van der Waals surface area contributed by atoms with Crippen LogP contribution in [0.1, 0.15) is 61.3 Å². The Morgan fingerprint density at radius 2 is 1.60 bits per heavy atom. The van der Waals surface area contributed by atoms with E-state index < -0.39 is 11.8 Å². The zero-order chi connectivity index (χ0) is 36.1. The normalized spacial score (nSPS) is 23.0. The molecule has 0 aliphatic carbocycles. The number of benzene rings is 4. The highest BCUT2D eigenvalue weighted by Crippen LogP contribution is 2.43. The molecular weight excluding hydrogens is 654 g/mol. The minimum atomic E-state index is -0.600. The van der Waals surface area contributed by atoms with E-state index >= 15 is 0 Å². The molecule has 4 aromatic carbocycles. The second kappa shape index (κ2) is 15.9. The van der Waals surface area contributed by atoms with Crippen LogP contribution in [-0.4, -0.2) is 66.4 Å². The van der Waals surface area contributed by atoms with Crippen LogP contribution in [0.3, 0.4) is 0 Å². The van der Waals surface area contributed by atoms with Crippen LogP contribution in [0.5, 0.6) is 0 Å². The molecule has 0 radical (unpaired) electrons. The fourth-order valence-corrected chi connectivity index (χ4v) is 7.85. The zero-order valence-corrected chi connectivity index (χ0v) is 30.0. The van der Waals surface area contributed by atoms with Crippen LogP contribution in [0.15, 0.2) is 103 Å². The summed E-state index contributed by atoms with van der Waals surface area (Å²) in [6.45, 7) is 7.88. The van der Waals surface area contributed by atoms with Gasteiger partial charge in [-0.1, -0.05) is 85.8 Å². The predicted molar refractivity (Wildman–Crippen MR) is 201 cm³/mol. The third-order valence-corrected chi connectivity index (χ3v) is 10.9. The minimum absolute atomic E-state index is 0.0120. The Kier molecular flexibility index (Phi) is 10.9. The van der Waals surface area contributed by atoms with E-state index in [0.29, 0.717) is 19.8 Å². The van der Waals surface area contributed by atoms with Crippen LogP contribution >= 0.6 is 0 Å². The van der Waals surface area contributed by atoms with Gasteiger partial charge < -0.3 is 40.3 Å². The number of hydrogen-bond donors (Lipinski definition) is 4. The topological polar surface area (TPSA) is 115 Å². The molecule has 4 atom stereocenters. The number of nitrogens with one attached hydrogen (secondary N) is 3. The lowest BCUT2D eigenvalue weighted by Gasteiger charge is -2.46. The van der Waals surface area contributed by atoms with Gasteiger partial charge in [0.1, 0.15) is 5.54 Å². The first-order chi connectivity index (χ1) is 25.4. The van der Waals surface area contributed by atoms with Crippen molar-refractivity contribution < 1.29 is 24.2 Å². The zero-order valence-electron chi connectivity index (χ0n) is 30.0. The number of ether oxygens (including phenoxy) is 2. The van der Waals surface area contributed by atoms with Gasteiger partial charge in [0.25, 0.3) is 0 Å². The van der Waals surface area contributed by atoms with Crippen molar-refractivity contribution in [1.82, 2.24) is 20.9 Å². The van der Waals surface area contributed by atoms with Gasteiger partial charge in [0, 0.05) is 49.9 Å². The van der Waals surface area contributed by atoms with Crippen molar-refractivity contribution in [3.05, 3.63) is 125 Å². The van der Waals surface area contributed by atoms with Gasteiger partial charge in [-0.25, -0.2) is 4.79 Å². The Morgan fingerprint density at radius 1 is 0.865 bits per heavy atom. The van der Waals surface area contributed by atoms with Crippen molar-refractivity contribution in [2.75, 3.05) is 37.7 Å². The third kappa shape index (κ3) is 7.56. The lowest BCUT2D eigenvalue weighted by molar-refractivity contribution is -0.276. The van der Waals surface area contributed by atoms with Gasteiger partial charge >= 0.3 is 6.03 Å². The van der Waals surface area contributed by atoms with Crippen molar-refractivity contribution in [2.24, 2.45) is 5.92 Å². The van der Waals surface area contributed by atoms with Crippen LogP contribution in [0.4, 0.5) is 10.5 Å². The van der Waals surface area contributed by atoms with Crippen molar-refractivity contribution in [3.8, 4) is 11.1 Å². The number of aliphatic hydroxyl groups is 1. The Balaban J connectivity index is 1.10. The molecule has 3 aliphatic rings. The standard InChI is InChI=1S/C42H49N5O5/c1-3-43-41(50)44-25-31-9-7-10-33(23-31)34-11-8-12-35(24-34)39-51-37(29(2)38(52-39)32-17-15-30(27-48)16-18-32)26-46-21-19-42(20-22-46)40(49)45-28-47(42)36-13-5-4-6-14-36/h4-18,23-24,29,37-39,48H,3,19-22,25-28H2,1-2H3,(H,45,49)(H2,43,44,50)/t29-,37+,38+,39+/m1/s1. The predicted octanol–water partition coefficient (Wildman–Crippen LogP) is 5.88. The average Bonchev–Trinajstić information content (AvgIpc) is 3.50. The molecule has 3 aliphatic heterocycles. The van der Waals surface area contributed by atoms with Gasteiger partial charge in [0.05, 0.1) is 25.5 Å². The van der Waals surface area contributed by atoms with Gasteiger partial charge in [-0.05, 0) is 71.8 Å². The number of piperidine rings is 1. The van der Waals surface area contributed by atoms with Crippen molar-refractivity contribution in [3.63, 3.8) is 0 Å². The summed E-state index contributed by atoms with van der Waals surface area (Å²) in [5.74, 6) is 0.154. The second-order valence-corrected chi connectivity index (χ2v) is 14.1. The largest absolute Gasteiger partial charge is 0.392 e. The van der Waals surface area contributed by atoms with Crippen LogP contribution in [0.25, 0.3) is 11.1 Å². The van der Waals surface area contributed by atoms with Crippen molar-refractivity contribution in [2.45, 2.75) is 63.9 Å². The summed E-state index contributed by atoms with van der Waals surface area (Å²) in [7, 11) is 0. The summed E-state index contributed by atoms with van der Waals surface area (Å²) in [6.07, 6.45) is 0.512. The number of anilines is 1. The molecule has 3 amide bonds. The number of urea groups is 1. The molecule has 7 rings (SSSR count). The fourth-order valence-electron chi connectivity index (χ4n) is 7.85. The van der Waals surface area contributed by atoms with Crippen molar-refractivity contribution >= 4 is 17.6 Å². The number of amides is 3. The molecule has 0 bridgehead atoms.